The van der Waals surface area contributed by atoms with E-state index >= 15 is 0 Å². The van der Waals surface area contributed by atoms with Crippen molar-refractivity contribution in [1.82, 2.24) is 9.21 Å². The van der Waals surface area contributed by atoms with Crippen molar-refractivity contribution < 1.29 is 18.3 Å². The van der Waals surface area contributed by atoms with Crippen LogP contribution in [0.4, 0.5) is 0 Å². The lowest BCUT2D eigenvalue weighted by Gasteiger charge is -2.34. The zero-order valence-corrected chi connectivity index (χ0v) is 15.6. The molecule has 8 heteroatoms. The molecule has 1 amide bonds. The van der Waals surface area contributed by atoms with Crippen molar-refractivity contribution in [1.29, 1.82) is 5.26 Å². The van der Waals surface area contributed by atoms with Gasteiger partial charge in [-0.25, -0.2) is 8.42 Å². The van der Waals surface area contributed by atoms with Gasteiger partial charge in [-0.2, -0.15) is 9.57 Å². The number of nitrogens with zero attached hydrogens (tertiary/aromatic N) is 3. The molecule has 1 fully saturated rings. The summed E-state index contributed by atoms with van der Waals surface area (Å²) >= 11 is 0. The maximum Gasteiger partial charge on any atom is 0.257 e. The highest BCUT2D eigenvalue weighted by Gasteiger charge is 2.32. The molecule has 0 atom stereocenters. The van der Waals surface area contributed by atoms with E-state index in [0.29, 0.717) is 0 Å². The number of hydrogen-bond donors (Lipinski definition) is 1. The van der Waals surface area contributed by atoms with E-state index in [1.807, 2.05) is 13.0 Å². The van der Waals surface area contributed by atoms with Crippen molar-refractivity contribution in [2.45, 2.75) is 11.8 Å². The molecule has 2 aromatic rings. The number of phenols is 1. The lowest BCUT2D eigenvalue weighted by molar-refractivity contribution is 0.0694. The SMILES string of the molecule is Cc1ccc(O)c(C(=O)N2CCN(S(=O)(=O)c3ccccc3C#N)CC2)c1. The van der Waals surface area contributed by atoms with Crippen LogP contribution in [-0.4, -0.2) is 54.8 Å². The van der Waals surface area contributed by atoms with E-state index in [4.69, 9.17) is 5.26 Å². The molecule has 1 aliphatic rings. The second-order valence-corrected chi connectivity index (χ2v) is 8.23. The summed E-state index contributed by atoms with van der Waals surface area (Å²) in [6.07, 6.45) is 0. The van der Waals surface area contributed by atoms with Crippen LogP contribution in [0.2, 0.25) is 0 Å². The lowest BCUT2D eigenvalue weighted by Crippen LogP contribution is -2.50. The fraction of sp³-hybridized carbons (Fsp3) is 0.263. The molecular formula is C19H19N3O4S. The summed E-state index contributed by atoms with van der Waals surface area (Å²) < 4.78 is 27.0. The van der Waals surface area contributed by atoms with Crippen molar-refractivity contribution >= 4 is 15.9 Å². The highest BCUT2D eigenvalue weighted by Crippen LogP contribution is 2.24. The van der Waals surface area contributed by atoms with Gasteiger partial charge in [0.05, 0.1) is 16.0 Å². The molecule has 0 unspecified atom stereocenters. The molecule has 0 saturated carbocycles. The third-order valence-electron chi connectivity index (χ3n) is 4.53. The van der Waals surface area contributed by atoms with E-state index in [2.05, 4.69) is 0 Å². The van der Waals surface area contributed by atoms with Gasteiger partial charge in [-0.15, -0.1) is 0 Å². The highest BCUT2D eigenvalue weighted by molar-refractivity contribution is 7.89. The number of benzene rings is 2. The Morgan fingerprint density at radius 1 is 1.11 bits per heavy atom. The van der Waals surface area contributed by atoms with Crippen molar-refractivity contribution in [3.63, 3.8) is 0 Å². The van der Waals surface area contributed by atoms with Crippen molar-refractivity contribution in [3.05, 3.63) is 59.2 Å². The van der Waals surface area contributed by atoms with Crippen LogP contribution >= 0.6 is 0 Å². The van der Waals surface area contributed by atoms with Gasteiger partial charge in [0, 0.05) is 26.2 Å². The molecule has 1 saturated heterocycles. The monoisotopic (exact) mass is 385 g/mol. The predicted octanol–water partition coefficient (Wildman–Crippen LogP) is 1.72. The first-order valence-corrected chi connectivity index (χ1v) is 9.87. The van der Waals surface area contributed by atoms with Crippen LogP contribution < -0.4 is 0 Å². The van der Waals surface area contributed by atoms with Gasteiger partial charge in [0.15, 0.2) is 0 Å². The first-order valence-electron chi connectivity index (χ1n) is 8.43. The zero-order valence-electron chi connectivity index (χ0n) is 14.8. The molecule has 7 nitrogen and oxygen atoms in total. The maximum absolute atomic E-state index is 12.8. The summed E-state index contributed by atoms with van der Waals surface area (Å²) in [7, 11) is -3.81. The molecule has 140 valence electrons. The van der Waals surface area contributed by atoms with Crippen LogP contribution in [0.3, 0.4) is 0 Å². The Morgan fingerprint density at radius 3 is 2.44 bits per heavy atom. The minimum absolute atomic E-state index is 0.0244. The number of amides is 1. The molecule has 0 aliphatic carbocycles. The fourth-order valence-electron chi connectivity index (χ4n) is 3.05. The number of carbonyl (C=O) groups excluding carboxylic acids is 1. The van der Waals surface area contributed by atoms with Crippen LogP contribution in [0.1, 0.15) is 21.5 Å². The quantitative estimate of drug-likeness (QED) is 0.867. The van der Waals surface area contributed by atoms with Crippen LogP contribution in [-0.2, 0) is 10.0 Å². The molecular weight excluding hydrogens is 366 g/mol. The summed E-state index contributed by atoms with van der Waals surface area (Å²) in [4.78, 5) is 14.2. The van der Waals surface area contributed by atoms with Crippen LogP contribution in [0.15, 0.2) is 47.4 Å². The van der Waals surface area contributed by atoms with Gasteiger partial charge in [0.2, 0.25) is 10.0 Å². The largest absolute Gasteiger partial charge is 0.507 e. The Balaban J connectivity index is 1.76. The number of hydrogen-bond acceptors (Lipinski definition) is 5. The molecule has 0 aromatic heterocycles. The number of piperazine rings is 1. The summed E-state index contributed by atoms with van der Waals surface area (Å²) in [5, 5.41) is 19.1. The van der Waals surface area contributed by atoms with Gasteiger partial charge in [-0.3, -0.25) is 4.79 Å². The molecule has 0 bridgehead atoms. The number of phenolic OH excluding ortho intramolecular Hbond substituents is 1. The molecule has 3 rings (SSSR count). The average Bonchev–Trinajstić information content (AvgIpc) is 2.69. The topological polar surface area (TPSA) is 102 Å². The Labute approximate surface area is 158 Å². The molecule has 1 N–H and O–H groups in total. The number of aryl methyl sites for hydroxylation is 1. The summed E-state index contributed by atoms with van der Waals surface area (Å²) in [5.41, 5.74) is 1.16. The normalized spacial score (nSPS) is 15.3. The Kier molecular flexibility index (Phi) is 5.17. The van der Waals surface area contributed by atoms with Crippen LogP contribution in [0.25, 0.3) is 0 Å². The van der Waals surface area contributed by atoms with Gasteiger partial charge in [-0.05, 0) is 31.2 Å². The number of aromatic hydroxyl groups is 1. The van der Waals surface area contributed by atoms with Crippen molar-refractivity contribution in [3.8, 4) is 11.8 Å². The molecule has 2 aromatic carbocycles. The number of carbonyl (C=O) groups is 1. The van der Waals surface area contributed by atoms with Gasteiger partial charge in [-0.1, -0.05) is 23.8 Å². The third-order valence-corrected chi connectivity index (χ3v) is 6.49. The van der Waals surface area contributed by atoms with Gasteiger partial charge in [0.25, 0.3) is 5.91 Å². The Morgan fingerprint density at radius 2 is 1.78 bits per heavy atom. The Hall–Kier alpha value is -2.89. The zero-order chi connectivity index (χ0) is 19.6. The number of nitriles is 1. The van der Waals surface area contributed by atoms with E-state index in [-0.39, 0.29) is 53.9 Å². The second kappa shape index (κ2) is 7.39. The molecule has 1 aliphatic heterocycles. The van der Waals surface area contributed by atoms with Crippen molar-refractivity contribution in [2.24, 2.45) is 0 Å². The summed E-state index contributed by atoms with van der Waals surface area (Å²) in [5.74, 6) is -0.422. The molecule has 1 heterocycles. The van der Waals surface area contributed by atoms with E-state index in [1.54, 1.807) is 24.3 Å². The van der Waals surface area contributed by atoms with Gasteiger partial charge < -0.3 is 10.0 Å². The Bertz CT molecular complexity index is 1020. The first-order chi connectivity index (χ1) is 12.8. The van der Waals surface area contributed by atoms with Crippen LogP contribution in [0.5, 0.6) is 5.75 Å². The lowest BCUT2D eigenvalue weighted by atomic mass is 10.1. The summed E-state index contributed by atoms with van der Waals surface area (Å²) in [6.45, 7) is 2.49. The smallest absolute Gasteiger partial charge is 0.257 e. The number of sulfonamides is 1. The van der Waals surface area contributed by atoms with Gasteiger partial charge in [0.1, 0.15) is 11.8 Å². The van der Waals surface area contributed by atoms with E-state index in [1.165, 1.54) is 27.4 Å². The minimum atomic E-state index is -3.81. The maximum atomic E-state index is 12.8. The predicted molar refractivity (Wildman–Crippen MR) is 98.7 cm³/mol. The number of rotatable bonds is 3. The van der Waals surface area contributed by atoms with E-state index in [9.17, 15) is 18.3 Å². The fourth-order valence-corrected chi connectivity index (χ4v) is 4.61. The summed E-state index contributed by atoms with van der Waals surface area (Å²) in [6, 6.07) is 12.8. The minimum Gasteiger partial charge on any atom is -0.507 e. The van der Waals surface area contributed by atoms with Crippen LogP contribution in [0, 0.1) is 18.3 Å². The standard InChI is InChI=1S/C19H19N3O4S/c1-14-6-7-17(23)16(12-14)19(24)21-8-10-22(11-9-21)27(25,26)18-5-3-2-4-15(18)13-20/h2-7,12,23H,8-11H2,1H3. The van der Waals surface area contributed by atoms with Crippen molar-refractivity contribution in [2.75, 3.05) is 26.2 Å². The first kappa shape index (κ1) is 18.9. The second-order valence-electron chi connectivity index (χ2n) is 6.32. The average molecular weight is 385 g/mol. The van der Waals surface area contributed by atoms with E-state index in [0.717, 1.165) is 5.56 Å². The highest BCUT2D eigenvalue weighted by atomic mass is 32.2. The molecule has 0 spiro atoms. The molecule has 0 radical (unpaired) electrons. The van der Waals surface area contributed by atoms with Gasteiger partial charge >= 0.3 is 0 Å². The van der Waals surface area contributed by atoms with E-state index < -0.39 is 10.0 Å². The molecule has 27 heavy (non-hydrogen) atoms. The third kappa shape index (κ3) is 3.65.